The number of carbonyl (C=O) groups excluding carboxylic acids is 2. The molecule has 2 fully saturated rings. The van der Waals surface area contributed by atoms with Crippen LogP contribution in [-0.2, 0) is 21.1 Å². The summed E-state index contributed by atoms with van der Waals surface area (Å²) in [5, 5.41) is 1.41. The van der Waals surface area contributed by atoms with Crippen molar-refractivity contribution in [2.24, 2.45) is 0 Å². The van der Waals surface area contributed by atoms with Gasteiger partial charge in [0.05, 0.1) is 9.16 Å². The molecule has 4 atom stereocenters. The summed E-state index contributed by atoms with van der Waals surface area (Å²) in [4.78, 5) is 23.5. The van der Waals surface area contributed by atoms with Crippen molar-refractivity contribution < 1.29 is 9.59 Å². The van der Waals surface area contributed by atoms with Crippen LogP contribution in [0.1, 0.15) is 25.0 Å². The summed E-state index contributed by atoms with van der Waals surface area (Å²) in [6.45, 7) is 11.1. The summed E-state index contributed by atoms with van der Waals surface area (Å²) in [6, 6.07) is 9.13. The molecule has 2 nitrogen and oxygen atoms in total. The van der Waals surface area contributed by atoms with Gasteiger partial charge in [0, 0.05) is 56.5 Å². The Morgan fingerprint density at radius 2 is 1.14 bits per heavy atom. The maximum Gasteiger partial charge on any atom is 0.214 e. The zero-order valence-corrected chi connectivity index (χ0v) is 27.3. The molecule has 0 radical (unpaired) electrons. The van der Waals surface area contributed by atoms with Crippen LogP contribution in [0.2, 0.25) is 0 Å². The molecule has 1 aromatic rings. The fourth-order valence-corrected chi connectivity index (χ4v) is 15.1. The van der Waals surface area contributed by atoms with Gasteiger partial charge < -0.3 is 0 Å². The topological polar surface area (TPSA) is 34.1 Å². The zero-order valence-electron chi connectivity index (χ0n) is 20.8. The lowest BCUT2D eigenvalue weighted by Gasteiger charge is -2.11. The van der Waals surface area contributed by atoms with Crippen LogP contribution in [-0.4, -0.2) is 64.4 Å². The quantitative estimate of drug-likeness (QED) is 0.187. The first-order valence-electron chi connectivity index (χ1n) is 11.7. The molecule has 2 aliphatic heterocycles. The van der Waals surface area contributed by atoms with Gasteiger partial charge in [-0.25, -0.2) is 0 Å². The molecule has 0 amide bonds. The fourth-order valence-electron chi connectivity index (χ4n) is 3.23. The lowest BCUT2D eigenvalue weighted by atomic mass is 10.2. The van der Waals surface area contributed by atoms with Gasteiger partial charge in [-0.05, 0) is 36.1 Å². The molecule has 1 aromatic carbocycles. The average molecular weight is 635 g/mol. The van der Waals surface area contributed by atoms with Crippen LogP contribution in [0.15, 0.2) is 48.6 Å². The van der Waals surface area contributed by atoms with E-state index in [2.05, 4.69) is 37.4 Å². The summed E-state index contributed by atoms with van der Waals surface area (Å²) in [5.74, 6) is 8.51. The molecule has 10 heteroatoms. The minimum atomic E-state index is 0.133. The van der Waals surface area contributed by atoms with Gasteiger partial charge in [-0.2, -0.15) is 23.5 Å². The third-order valence-electron chi connectivity index (χ3n) is 5.19. The molecule has 2 heterocycles. The van der Waals surface area contributed by atoms with Crippen molar-refractivity contribution >= 4 is 104 Å². The van der Waals surface area contributed by atoms with Gasteiger partial charge in [0.1, 0.15) is 0 Å². The largest absolute Gasteiger partial charge is 0.282 e. The van der Waals surface area contributed by atoms with Crippen molar-refractivity contribution in [2.45, 2.75) is 45.0 Å². The van der Waals surface area contributed by atoms with Crippen LogP contribution in [0, 0.1) is 0 Å². The maximum absolute atomic E-state index is 11.7. The Morgan fingerprint density at radius 3 is 1.50 bits per heavy atom. The molecule has 2 aliphatic rings. The van der Waals surface area contributed by atoms with Crippen molar-refractivity contribution in [3.05, 3.63) is 59.7 Å². The standard InChI is InChI=1S/C26H34O2S8/c1-17(2)25(27)33-13-21-11-31-23(35-21)15-29-9-19-5-7-20(8-6-19)10-30-16-24-32-12-22(36-24)14-34-26(28)18(3)4/h5-8,21-24H,1,3,9-16H2,2,4H3. The van der Waals surface area contributed by atoms with Crippen LogP contribution < -0.4 is 0 Å². The van der Waals surface area contributed by atoms with E-state index in [9.17, 15) is 9.59 Å². The summed E-state index contributed by atoms with van der Waals surface area (Å²) < 4.78 is 1.26. The van der Waals surface area contributed by atoms with E-state index in [0.29, 0.717) is 30.8 Å². The van der Waals surface area contributed by atoms with Gasteiger partial charge in [-0.15, -0.1) is 47.0 Å². The van der Waals surface area contributed by atoms with E-state index in [4.69, 9.17) is 0 Å². The Labute approximate surface area is 251 Å². The fraction of sp³-hybridized carbons (Fsp3) is 0.538. The molecular formula is C26H34O2S8. The first-order valence-corrected chi connectivity index (χ1v) is 20.0. The molecule has 2 saturated heterocycles. The normalized spacial score (nSPS) is 23.6. The highest BCUT2D eigenvalue weighted by Crippen LogP contribution is 2.42. The molecular weight excluding hydrogens is 601 g/mol. The summed E-state index contributed by atoms with van der Waals surface area (Å²) in [5.41, 5.74) is 4.09. The number of thioether (sulfide) groups is 8. The van der Waals surface area contributed by atoms with E-state index >= 15 is 0 Å². The Hall–Kier alpha value is 0.840. The van der Waals surface area contributed by atoms with E-state index in [1.165, 1.54) is 34.7 Å². The third kappa shape index (κ3) is 11.5. The SMILES string of the molecule is C=C(C)C(=O)SCC1CSC(CSCc2ccc(CSCC3SCC(CSC(=O)C(=C)C)S3)cc2)S1. The van der Waals surface area contributed by atoms with Gasteiger partial charge in [0.25, 0.3) is 0 Å². The molecule has 4 unspecified atom stereocenters. The van der Waals surface area contributed by atoms with E-state index in [1.54, 1.807) is 13.8 Å². The second-order valence-electron chi connectivity index (χ2n) is 8.65. The monoisotopic (exact) mass is 634 g/mol. The van der Waals surface area contributed by atoms with Gasteiger partial charge in [0.2, 0.25) is 10.2 Å². The average Bonchev–Trinajstić information content (AvgIpc) is 3.51. The molecule has 0 N–H and O–H groups in total. The highest BCUT2D eigenvalue weighted by molar-refractivity contribution is 8.23. The molecule has 0 saturated carbocycles. The second kappa shape index (κ2) is 16.8. The maximum atomic E-state index is 11.7. The van der Waals surface area contributed by atoms with E-state index < -0.39 is 0 Å². The first-order chi connectivity index (χ1) is 17.3. The van der Waals surface area contributed by atoms with Crippen LogP contribution in [0.3, 0.4) is 0 Å². The number of rotatable bonds is 14. The predicted molar refractivity (Wildman–Crippen MR) is 179 cm³/mol. The Balaban J connectivity index is 1.25. The van der Waals surface area contributed by atoms with Gasteiger partial charge in [0.15, 0.2) is 0 Å². The third-order valence-corrected chi connectivity index (χ3v) is 17.6. The van der Waals surface area contributed by atoms with Crippen LogP contribution >= 0.6 is 94.1 Å². The Bertz CT molecular complexity index is 831. The first kappa shape index (κ1) is 31.4. The highest BCUT2D eigenvalue weighted by atomic mass is 32.2. The molecule has 0 bridgehead atoms. The Morgan fingerprint density at radius 1 is 0.750 bits per heavy atom. The minimum absolute atomic E-state index is 0.133. The molecule has 36 heavy (non-hydrogen) atoms. The van der Waals surface area contributed by atoms with Crippen LogP contribution in [0.5, 0.6) is 0 Å². The van der Waals surface area contributed by atoms with E-state index in [-0.39, 0.29) is 10.2 Å². The molecule has 0 spiro atoms. The zero-order chi connectivity index (χ0) is 25.9. The summed E-state index contributed by atoms with van der Waals surface area (Å²) in [7, 11) is 0. The lowest BCUT2D eigenvalue weighted by molar-refractivity contribution is -0.108. The van der Waals surface area contributed by atoms with Crippen molar-refractivity contribution in [3.8, 4) is 0 Å². The van der Waals surface area contributed by atoms with Crippen LogP contribution in [0.4, 0.5) is 0 Å². The smallest absolute Gasteiger partial charge is 0.214 e. The molecule has 0 aliphatic carbocycles. The van der Waals surface area contributed by atoms with Crippen molar-refractivity contribution in [1.29, 1.82) is 0 Å². The molecule has 198 valence electrons. The van der Waals surface area contributed by atoms with Gasteiger partial charge in [-0.1, -0.05) is 60.9 Å². The summed E-state index contributed by atoms with van der Waals surface area (Å²) >= 11 is 15.0. The van der Waals surface area contributed by atoms with Gasteiger partial charge in [-0.3, -0.25) is 9.59 Å². The number of hydrogen-bond acceptors (Lipinski definition) is 10. The highest BCUT2D eigenvalue weighted by Gasteiger charge is 2.27. The van der Waals surface area contributed by atoms with E-state index in [1.807, 2.05) is 70.6 Å². The molecule has 0 aromatic heterocycles. The minimum Gasteiger partial charge on any atom is -0.282 e. The van der Waals surface area contributed by atoms with Crippen molar-refractivity contribution in [1.82, 2.24) is 0 Å². The second-order valence-corrected chi connectivity index (χ2v) is 18.8. The summed E-state index contributed by atoms with van der Waals surface area (Å²) in [6.07, 6.45) is 0. The lowest BCUT2D eigenvalue weighted by Crippen LogP contribution is -2.08. The van der Waals surface area contributed by atoms with Crippen LogP contribution in [0.25, 0.3) is 0 Å². The number of benzene rings is 1. The number of carbonyl (C=O) groups is 2. The molecule has 3 rings (SSSR count). The predicted octanol–water partition coefficient (Wildman–Crippen LogP) is 8.17. The van der Waals surface area contributed by atoms with Crippen molar-refractivity contribution in [3.63, 3.8) is 0 Å². The number of hydrogen-bond donors (Lipinski definition) is 0. The van der Waals surface area contributed by atoms with Crippen molar-refractivity contribution in [2.75, 3.05) is 34.5 Å². The van der Waals surface area contributed by atoms with Gasteiger partial charge >= 0.3 is 0 Å². The Kier molecular flexibility index (Phi) is 14.7. The van der Waals surface area contributed by atoms with E-state index in [0.717, 1.165) is 46.0 Å².